The van der Waals surface area contributed by atoms with Crippen LogP contribution in [0.3, 0.4) is 0 Å². The number of carbonyl (C=O) groups is 1. The largest absolute Gasteiger partial charge is 0.506 e. The zero-order valence-corrected chi connectivity index (χ0v) is 12.0. The molecular formula is C17H15N3O2. The second kappa shape index (κ2) is 6.95. The van der Waals surface area contributed by atoms with Gasteiger partial charge < -0.3 is 15.7 Å². The molecule has 22 heavy (non-hydrogen) atoms. The van der Waals surface area contributed by atoms with Gasteiger partial charge in [-0.25, -0.2) is 0 Å². The SMILES string of the molecule is Cc1ccccc1N/C=C(/C#N)C(=O)Nc1ccccc1O. The highest BCUT2D eigenvalue weighted by atomic mass is 16.3. The maximum atomic E-state index is 12.0. The number of phenols is 1. The molecular weight excluding hydrogens is 278 g/mol. The van der Waals surface area contributed by atoms with Gasteiger partial charge in [0.25, 0.3) is 5.91 Å². The van der Waals surface area contributed by atoms with E-state index in [1.807, 2.05) is 37.3 Å². The molecule has 5 heteroatoms. The second-order valence-corrected chi connectivity index (χ2v) is 4.60. The summed E-state index contributed by atoms with van der Waals surface area (Å²) < 4.78 is 0. The Hall–Kier alpha value is -3.26. The first-order valence-corrected chi connectivity index (χ1v) is 6.63. The summed E-state index contributed by atoms with van der Waals surface area (Å²) in [5.41, 5.74) is 1.97. The van der Waals surface area contributed by atoms with E-state index in [0.29, 0.717) is 0 Å². The Labute approximate surface area is 128 Å². The first kappa shape index (κ1) is 15.1. The normalized spacial score (nSPS) is 10.6. The Balaban J connectivity index is 2.13. The van der Waals surface area contributed by atoms with Crippen molar-refractivity contribution in [3.05, 3.63) is 65.9 Å². The minimum Gasteiger partial charge on any atom is -0.506 e. The number of phenolic OH excluding ortho intramolecular Hbond substituents is 1. The molecule has 1 amide bonds. The Kier molecular flexibility index (Phi) is 4.78. The highest BCUT2D eigenvalue weighted by Crippen LogP contribution is 2.22. The Bertz CT molecular complexity index is 760. The number of aryl methyl sites for hydroxylation is 1. The van der Waals surface area contributed by atoms with Gasteiger partial charge in [0.05, 0.1) is 5.69 Å². The van der Waals surface area contributed by atoms with Crippen LogP contribution < -0.4 is 10.6 Å². The lowest BCUT2D eigenvalue weighted by molar-refractivity contribution is -0.112. The highest BCUT2D eigenvalue weighted by molar-refractivity contribution is 6.07. The zero-order chi connectivity index (χ0) is 15.9. The van der Waals surface area contributed by atoms with Crippen LogP contribution in [-0.2, 0) is 4.79 Å². The predicted molar refractivity (Wildman–Crippen MR) is 85.2 cm³/mol. The number of benzene rings is 2. The molecule has 0 fully saturated rings. The van der Waals surface area contributed by atoms with E-state index in [0.717, 1.165) is 11.3 Å². The van der Waals surface area contributed by atoms with E-state index >= 15 is 0 Å². The van der Waals surface area contributed by atoms with Crippen molar-refractivity contribution in [1.29, 1.82) is 5.26 Å². The molecule has 110 valence electrons. The van der Waals surface area contributed by atoms with Crippen molar-refractivity contribution in [2.75, 3.05) is 10.6 Å². The second-order valence-electron chi connectivity index (χ2n) is 4.60. The predicted octanol–water partition coefficient (Wildman–Crippen LogP) is 3.16. The van der Waals surface area contributed by atoms with Gasteiger partial charge in [0.15, 0.2) is 0 Å². The van der Waals surface area contributed by atoms with E-state index in [9.17, 15) is 9.90 Å². The first-order chi connectivity index (χ1) is 10.6. The van der Waals surface area contributed by atoms with Crippen LogP contribution in [0, 0.1) is 18.3 Å². The molecule has 0 bridgehead atoms. The van der Waals surface area contributed by atoms with E-state index in [-0.39, 0.29) is 17.0 Å². The van der Waals surface area contributed by atoms with Crippen molar-refractivity contribution in [3.63, 3.8) is 0 Å². The molecule has 0 heterocycles. The third-order valence-electron chi connectivity index (χ3n) is 3.03. The molecule has 2 aromatic rings. The standard InChI is InChI=1S/C17H15N3O2/c1-12-6-2-3-7-14(12)19-11-13(10-18)17(22)20-15-8-4-5-9-16(15)21/h2-9,11,19,21H,1H3,(H,20,22)/b13-11-. The molecule has 0 aliphatic rings. The number of nitriles is 1. The van der Waals surface area contributed by atoms with Crippen LogP contribution in [0.1, 0.15) is 5.56 Å². The number of hydrogen-bond acceptors (Lipinski definition) is 4. The number of hydrogen-bond donors (Lipinski definition) is 3. The molecule has 0 aromatic heterocycles. The van der Waals surface area contributed by atoms with Gasteiger partial charge in [-0.05, 0) is 30.7 Å². The summed E-state index contributed by atoms with van der Waals surface area (Å²) in [6.45, 7) is 1.92. The van der Waals surface area contributed by atoms with Crippen molar-refractivity contribution in [3.8, 4) is 11.8 Å². The third kappa shape index (κ3) is 3.64. The number of amides is 1. The quantitative estimate of drug-likeness (QED) is 0.459. The van der Waals surface area contributed by atoms with Crippen LogP contribution in [0.4, 0.5) is 11.4 Å². The topological polar surface area (TPSA) is 85.2 Å². The Morgan fingerprint density at radius 1 is 1.14 bits per heavy atom. The maximum absolute atomic E-state index is 12.0. The van der Waals surface area contributed by atoms with Gasteiger partial charge >= 0.3 is 0 Å². The lowest BCUT2D eigenvalue weighted by atomic mass is 10.2. The van der Waals surface area contributed by atoms with Gasteiger partial charge in [-0.3, -0.25) is 4.79 Å². The van der Waals surface area contributed by atoms with Crippen molar-refractivity contribution < 1.29 is 9.90 Å². The average molecular weight is 293 g/mol. The van der Waals surface area contributed by atoms with E-state index in [1.54, 1.807) is 18.2 Å². The lowest BCUT2D eigenvalue weighted by Gasteiger charge is -2.07. The van der Waals surface area contributed by atoms with Crippen LogP contribution in [-0.4, -0.2) is 11.0 Å². The van der Waals surface area contributed by atoms with Gasteiger partial charge in [0, 0.05) is 11.9 Å². The van der Waals surface area contributed by atoms with E-state index in [2.05, 4.69) is 10.6 Å². The molecule has 3 N–H and O–H groups in total. The van der Waals surface area contributed by atoms with Crippen LogP contribution in [0.25, 0.3) is 0 Å². The number of rotatable bonds is 4. The average Bonchev–Trinajstić information content (AvgIpc) is 2.52. The fraction of sp³-hybridized carbons (Fsp3) is 0.0588. The van der Waals surface area contributed by atoms with Crippen LogP contribution >= 0.6 is 0 Å². The van der Waals surface area contributed by atoms with Crippen molar-refractivity contribution in [1.82, 2.24) is 0 Å². The molecule has 0 aliphatic carbocycles. The highest BCUT2D eigenvalue weighted by Gasteiger charge is 2.11. The van der Waals surface area contributed by atoms with Gasteiger partial charge in [-0.15, -0.1) is 0 Å². The zero-order valence-electron chi connectivity index (χ0n) is 12.0. The number of para-hydroxylation sites is 3. The van der Waals surface area contributed by atoms with Gasteiger partial charge in [-0.1, -0.05) is 30.3 Å². The lowest BCUT2D eigenvalue weighted by Crippen LogP contribution is -2.14. The number of nitrogens with one attached hydrogen (secondary N) is 2. The van der Waals surface area contributed by atoms with E-state index in [1.165, 1.54) is 12.3 Å². The monoisotopic (exact) mass is 293 g/mol. The molecule has 0 radical (unpaired) electrons. The summed E-state index contributed by atoms with van der Waals surface area (Å²) in [4.78, 5) is 12.0. The molecule has 0 saturated heterocycles. The van der Waals surface area contributed by atoms with E-state index < -0.39 is 5.91 Å². The first-order valence-electron chi connectivity index (χ1n) is 6.63. The summed E-state index contributed by atoms with van der Waals surface area (Å²) in [5.74, 6) is -0.648. The summed E-state index contributed by atoms with van der Waals surface area (Å²) in [6.07, 6.45) is 1.34. The van der Waals surface area contributed by atoms with Gasteiger partial charge in [-0.2, -0.15) is 5.26 Å². The summed E-state index contributed by atoms with van der Waals surface area (Å²) >= 11 is 0. The number of anilines is 2. The summed E-state index contributed by atoms with van der Waals surface area (Å²) in [6, 6.07) is 15.7. The molecule has 2 rings (SSSR count). The molecule has 0 spiro atoms. The fourth-order valence-corrected chi connectivity index (χ4v) is 1.80. The number of carbonyl (C=O) groups excluding carboxylic acids is 1. The summed E-state index contributed by atoms with van der Waals surface area (Å²) in [7, 11) is 0. The molecule has 0 aliphatic heterocycles. The molecule has 5 nitrogen and oxygen atoms in total. The number of aromatic hydroxyl groups is 1. The van der Waals surface area contributed by atoms with Crippen LogP contribution in [0.5, 0.6) is 5.75 Å². The minimum absolute atomic E-state index is 0.0556. The van der Waals surface area contributed by atoms with Crippen molar-refractivity contribution in [2.45, 2.75) is 6.92 Å². The van der Waals surface area contributed by atoms with Crippen LogP contribution in [0.15, 0.2) is 60.3 Å². The molecule has 0 saturated carbocycles. The van der Waals surface area contributed by atoms with Crippen LogP contribution in [0.2, 0.25) is 0 Å². The van der Waals surface area contributed by atoms with E-state index in [4.69, 9.17) is 5.26 Å². The van der Waals surface area contributed by atoms with Crippen molar-refractivity contribution >= 4 is 17.3 Å². The fourth-order valence-electron chi connectivity index (χ4n) is 1.80. The molecule has 0 atom stereocenters. The van der Waals surface area contributed by atoms with Gasteiger partial charge in [0.2, 0.25) is 0 Å². The Morgan fingerprint density at radius 3 is 2.41 bits per heavy atom. The summed E-state index contributed by atoms with van der Waals surface area (Å²) in [5, 5.41) is 24.2. The van der Waals surface area contributed by atoms with Crippen molar-refractivity contribution in [2.24, 2.45) is 0 Å². The minimum atomic E-state index is -0.593. The maximum Gasteiger partial charge on any atom is 0.267 e. The molecule has 0 unspecified atom stereocenters. The Morgan fingerprint density at radius 2 is 1.77 bits per heavy atom. The smallest absolute Gasteiger partial charge is 0.267 e. The third-order valence-corrected chi connectivity index (χ3v) is 3.03. The molecule has 2 aromatic carbocycles. The number of nitrogens with zero attached hydrogens (tertiary/aromatic N) is 1. The van der Waals surface area contributed by atoms with Gasteiger partial charge in [0.1, 0.15) is 17.4 Å².